The van der Waals surface area contributed by atoms with E-state index >= 15 is 0 Å². The van der Waals surface area contributed by atoms with Crippen LogP contribution in [0.15, 0.2) is 78.9 Å². The number of nitrogens with one attached hydrogen (secondary N) is 1. The standard InChI is InChI=1S/C30H35ClN2O3S/c1-4-22(2)32-30(35)28(18-23-9-6-5-7-10-23)33(19-25-11-8-12-26(31)17-25)29(34)21-37-20-24-13-15-27(36-3)16-14-24/h5-17,22,28H,4,18-21H2,1-3H3,(H,32,35)/t22-,28-/m1/s1. The van der Waals surface area contributed by atoms with Gasteiger partial charge in [-0.2, -0.15) is 0 Å². The van der Waals surface area contributed by atoms with E-state index in [2.05, 4.69) is 5.32 Å². The number of amides is 2. The minimum atomic E-state index is -0.649. The molecule has 0 unspecified atom stereocenters. The number of carbonyl (C=O) groups is 2. The van der Waals surface area contributed by atoms with Gasteiger partial charge in [-0.1, -0.05) is 73.1 Å². The zero-order chi connectivity index (χ0) is 26.6. The lowest BCUT2D eigenvalue weighted by atomic mass is 10.0. The van der Waals surface area contributed by atoms with Gasteiger partial charge in [-0.05, 0) is 54.3 Å². The van der Waals surface area contributed by atoms with Crippen LogP contribution in [0.3, 0.4) is 0 Å². The smallest absolute Gasteiger partial charge is 0.243 e. The maximum Gasteiger partial charge on any atom is 0.243 e. The fraction of sp³-hybridized carbons (Fsp3) is 0.333. The van der Waals surface area contributed by atoms with E-state index in [4.69, 9.17) is 16.3 Å². The average molecular weight is 539 g/mol. The first kappa shape index (κ1) is 28.6. The van der Waals surface area contributed by atoms with E-state index in [1.807, 2.05) is 86.6 Å². The van der Waals surface area contributed by atoms with Gasteiger partial charge in [0, 0.05) is 29.8 Å². The van der Waals surface area contributed by atoms with Crippen LogP contribution >= 0.6 is 23.4 Å². The van der Waals surface area contributed by atoms with Crippen molar-refractivity contribution in [3.8, 4) is 5.75 Å². The summed E-state index contributed by atoms with van der Waals surface area (Å²) in [4.78, 5) is 28.9. The molecule has 0 aliphatic rings. The van der Waals surface area contributed by atoms with Gasteiger partial charge in [-0.3, -0.25) is 9.59 Å². The second-order valence-corrected chi connectivity index (χ2v) is 10.4. The number of hydrogen-bond acceptors (Lipinski definition) is 4. The third kappa shape index (κ3) is 9.13. The van der Waals surface area contributed by atoms with Crippen LogP contribution < -0.4 is 10.1 Å². The van der Waals surface area contributed by atoms with Crippen LogP contribution in [0.2, 0.25) is 5.02 Å². The Balaban J connectivity index is 1.83. The molecule has 0 fully saturated rings. The van der Waals surface area contributed by atoms with Gasteiger partial charge in [0.1, 0.15) is 11.8 Å². The first-order chi connectivity index (χ1) is 17.9. The summed E-state index contributed by atoms with van der Waals surface area (Å²) in [6.07, 6.45) is 1.24. The second-order valence-electron chi connectivity index (χ2n) is 9.02. The normalized spacial score (nSPS) is 12.4. The van der Waals surface area contributed by atoms with Gasteiger partial charge in [-0.25, -0.2) is 0 Å². The number of benzene rings is 3. The molecule has 0 heterocycles. The van der Waals surface area contributed by atoms with Crippen LogP contribution in [-0.4, -0.2) is 41.7 Å². The molecular formula is C30H35ClN2O3S. The van der Waals surface area contributed by atoms with Gasteiger partial charge < -0.3 is 15.0 Å². The fourth-order valence-corrected chi connectivity index (χ4v) is 4.97. The molecule has 0 radical (unpaired) electrons. The van der Waals surface area contributed by atoms with Crippen LogP contribution in [0.25, 0.3) is 0 Å². The number of carbonyl (C=O) groups excluding carboxylic acids is 2. The molecule has 37 heavy (non-hydrogen) atoms. The zero-order valence-electron chi connectivity index (χ0n) is 21.7. The molecule has 2 atom stereocenters. The molecular weight excluding hydrogens is 504 g/mol. The van der Waals surface area contributed by atoms with Gasteiger partial charge in [0.2, 0.25) is 11.8 Å². The van der Waals surface area contributed by atoms with Crippen LogP contribution in [0, 0.1) is 0 Å². The van der Waals surface area contributed by atoms with Crippen molar-refractivity contribution in [3.05, 3.63) is 101 Å². The molecule has 0 aromatic heterocycles. The van der Waals surface area contributed by atoms with Crippen molar-refractivity contribution in [1.82, 2.24) is 10.2 Å². The van der Waals surface area contributed by atoms with E-state index < -0.39 is 6.04 Å². The molecule has 0 saturated carbocycles. The SMILES string of the molecule is CC[C@@H](C)NC(=O)[C@@H](Cc1ccccc1)N(Cc1cccc(Cl)c1)C(=O)CSCc1ccc(OC)cc1. The Morgan fingerprint density at radius 2 is 1.68 bits per heavy atom. The topological polar surface area (TPSA) is 58.6 Å². The number of methoxy groups -OCH3 is 1. The highest BCUT2D eigenvalue weighted by Crippen LogP contribution is 2.21. The van der Waals surface area contributed by atoms with E-state index in [9.17, 15) is 9.59 Å². The van der Waals surface area contributed by atoms with Crippen molar-refractivity contribution in [3.63, 3.8) is 0 Å². The summed E-state index contributed by atoms with van der Waals surface area (Å²) in [7, 11) is 1.64. The van der Waals surface area contributed by atoms with E-state index in [0.29, 0.717) is 23.7 Å². The second kappa shape index (κ2) is 14.7. The molecule has 0 bridgehead atoms. The number of thioether (sulfide) groups is 1. The molecule has 196 valence electrons. The number of ether oxygens (including phenoxy) is 1. The van der Waals surface area contributed by atoms with Crippen LogP contribution in [-0.2, 0) is 28.3 Å². The maximum absolute atomic E-state index is 13.7. The monoisotopic (exact) mass is 538 g/mol. The first-order valence-electron chi connectivity index (χ1n) is 12.5. The predicted octanol–water partition coefficient (Wildman–Crippen LogP) is 6.14. The molecule has 0 aliphatic heterocycles. The van der Waals surface area contributed by atoms with Crippen molar-refractivity contribution in [1.29, 1.82) is 0 Å². The fourth-order valence-electron chi connectivity index (χ4n) is 3.89. The molecule has 2 amide bonds. The van der Waals surface area contributed by atoms with E-state index in [-0.39, 0.29) is 23.6 Å². The van der Waals surface area contributed by atoms with Crippen molar-refractivity contribution in [2.45, 2.75) is 51.1 Å². The Bertz CT molecular complexity index is 1140. The Labute approximate surface area is 229 Å². The van der Waals surface area contributed by atoms with Crippen LogP contribution in [0.5, 0.6) is 5.75 Å². The maximum atomic E-state index is 13.7. The van der Waals surface area contributed by atoms with Gasteiger partial charge in [0.05, 0.1) is 12.9 Å². The first-order valence-corrected chi connectivity index (χ1v) is 14.0. The Hall–Kier alpha value is -2.96. The Kier molecular flexibility index (Phi) is 11.4. The third-order valence-electron chi connectivity index (χ3n) is 6.17. The minimum Gasteiger partial charge on any atom is -0.497 e. The largest absolute Gasteiger partial charge is 0.497 e. The summed E-state index contributed by atoms with van der Waals surface area (Å²) in [6.45, 7) is 4.31. The number of halogens is 1. The molecule has 3 aromatic rings. The highest BCUT2D eigenvalue weighted by Gasteiger charge is 2.30. The molecule has 0 aliphatic carbocycles. The molecule has 5 nitrogen and oxygen atoms in total. The quantitative estimate of drug-likeness (QED) is 0.284. The summed E-state index contributed by atoms with van der Waals surface area (Å²) in [6, 6.07) is 24.5. The molecule has 3 aromatic carbocycles. The number of hydrogen-bond donors (Lipinski definition) is 1. The third-order valence-corrected chi connectivity index (χ3v) is 7.39. The Morgan fingerprint density at radius 1 is 0.973 bits per heavy atom. The lowest BCUT2D eigenvalue weighted by Gasteiger charge is -2.32. The lowest BCUT2D eigenvalue weighted by molar-refractivity contribution is -0.139. The van der Waals surface area contributed by atoms with E-state index in [1.165, 1.54) is 11.8 Å². The summed E-state index contributed by atoms with van der Waals surface area (Å²) in [5.41, 5.74) is 2.99. The van der Waals surface area contributed by atoms with Gasteiger partial charge in [0.15, 0.2) is 0 Å². The zero-order valence-corrected chi connectivity index (χ0v) is 23.2. The van der Waals surface area contributed by atoms with E-state index in [0.717, 1.165) is 28.9 Å². The van der Waals surface area contributed by atoms with Gasteiger partial charge >= 0.3 is 0 Å². The summed E-state index contributed by atoms with van der Waals surface area (Å²) >= 11 is 7.78. The van der Waals surface area contributed by atoms with Crippen molar-refractivity contribution < 1.29 is 14.3 Å². The highest BCUT2D eigenvalue weighted by molar-refractivity contribution is 7.99. The average Bonchev–Trinajstić information content (AvgIpc) is 2.91. The molecule has 0 saturated heterocycles. The van der Waals surface area contributed by atoms with E-state index in [1.54, 1.807) is 18.1 Å². The molecule has 1 N–H and O–H groups in total. The van der Waals surface area contributed by atoms with Crippen molar-refractivity contribution in [2.75, 3.05) is 12.9 Å². The highest BCUT2D eigenvalue weighted by atomic mass is 35.5. The summed E-state index contributed by atoms with van der Waals surface area (Å²) in [5.74, 6) is 1.51. The molecule has 7 heteroatoms. The predicted molar refractivity (Wildman–Crippen MR) is 153 cm³/mol. The van der Waals surface area contributed by atoms with Crippen molar-refractivity contribution >= 4 is 35.2 Å². The Morgan fingerprint density at radius 3 is 2.32 bits per heavy atom. The number of rotatable bonds is 13. The summed E-state index contributed by atoms with van der Waals surface area (Å²) in [5, 5.41) is 3.70. The van der Waals surface area contributed by atoms with Gasteiger partial charge in [-0.15, -0.1) is 11.8 Å². The number of nitrogens with zero attached hydrogens (tertiary/aromatic N) is 1. The molecule has 3 rings (SSSR count). The van der Waals surface area contributed by atoms with Gasteiger partial charge in [0.25, 0.3) is 0 Å². The van der Waals surface area contributed by atoms with Crippen molar-refractivity contribution in [2.24, 2.45) is 0 Å². The summed E-state index contributed by atoms with van der Waals surface area (Å²) < 4.78 is 5.23. The lowest BCUT2D eigenvalue weighted by Crippen LogP contribution is -2.52. The van der Waals surface area contributed by atoms with Crippen LogP contribution in [0.1, 0.15) is 37.0 Å². The minimum absolute atomic E-state index is 0.0124. The van der Waals surface area contributed by atoms with Crippen LogP contribution in [0.4, 0.5) is 0 Å². The molecule has 0 spiro atoms.